The summed E-state index contributed by atoms with van der Waals surface area (Å²) in [6.07, 6.45) is 0. The number of piperazine rings is 1. The van der Waals surface area contributed by atoms with Crippen LogP contribution in [0.2, 0.25) is 0 Å². The summed E-state index contributed by atoms with van der Waals surface area (Å²) in [4.78, 5) is 35.3. The van der Waals surface area contributed by atoms with Gasteiger partial charge in [0.2, 0.25) is 0 Å². The molecule has 2 aromatic carbocycles. The molecule has 0 N–H and O–H groups in total. The van der Waals surface area contributed by atoms with Gasteiger partial charge in [-0.1, -0.05) is 36.4 Å². The van der Waals surface area contributed by atoms with E-state index in [9.17, 15) is 9.59 Å². The van der Waals surface area contributed by atoms with Gasteiger partial charge in [0.25, 0.3) is 0 Å². The molecule has 4 rings (SSSR count). The lowest BCUT2D eigenvalue weighted by atomic mass is 10.2. The van der Waals surface area contributed by atoms with Gasteiger partial charge in [-0.3, -0.25) is 4.90 Å². The van der Waals surface area contributed by atoms with Crippen molar-refractivity contribution >= 4 is 34.8 Å². The highest BCUT2D eigenvalue weighted by atomic mass is 32.1. The number of nitrogens with zero attached hydrogens (tertiary/aromatic N) is 4. The van der Waals surface area contributed by atoms with Crippen molar-refractivity contribution in [1.82, 2.24) is 14.7 Å². The zero-order chi connectivity index (χ0) is 23.2. The summed E-state index contributed by atoms with van der Waals surface area (Å²) < 4.78 is 0. The Balaban J connectivity index is 1.42. The number of rotatable bonds is 5. The van der Waals surface area contributed by atoms with Gasteiger partial charge in [0.15, 0.2) is 0 Å². The Morgan fingerprint density at radius 3 is 1.82 bits per heavy atom. The highest BCUT2D eigenvalue weighted by Crippen LogP contribution is 2.27. The first-order valence-electron chi connectivity index (χ1n) is 11.3. The molecule has 1 aromatic heterocycles. The van der Waals surface area contributed by atoms with E-state index in [2.05, 4.69) is 18.4 Å². The number of hydrogen-bond acceptors (Lipinski definition) is 3. The van der Waals surface area contributed by atoms with E-state index in [1.807, 2.05) is 82.3 Å². The lowest BCUT2D eigenvalue weighted by Crippen LogP contribution is -2.55. The van der Waals surface area contributed by atoms with Gasteiger partial charge in [-0.15, -0.1) is 11.3 Å². The zero-order valence-corrected chi connectivity index (χ0v) is 20.0. The van der Waals surface area contributed by atoms with Gasteiger partial charge in [-0.25, -0.2) is 9.59 Å². The van der Waals surface area contributed by atoms with Crippen LogP contribution in [0, 0.1) is 6.92 Å². The predicted molar refractivity (Wildman–Crippen MR) is 134 cm³/mol. The Morgan fingerprint density at radius 2 is 1.36 bits per heavy atom. The van der Waals surface area contributed by atoms with Crippen molar-refractivity contribution < 1.29 is 9.59 Å². The van der Waals surface area contributed by atoms with Gasteiger partial charge in [-0.2, -0.15) is 0 Å². The van der Waals surface area contributed by atoms with Crippen molar-refractivity contribution in [2.24, 2.45) is 0 Å². The van der Waals surface area contributed by atoms with Crippen LogP contribution in [0.4, 0.5) is 21.0 Å². The third-order valence-electron chi connectivity index (χ3n) is 5.85. The standard InChI is InChI=1S/C26H30N4O2S/c1-3-27(19-22-18-21(2)33-20-22)25(31)28-14-16-29(17-15-28)26(32)30(23-10-6-4-7-11-23)24-12-8-5-9-13-24/h4-13,18,20H,3,14-17,19H2,1-2H3. The number of carbonyl (C=O) groups is 2. The van der Waals surface area contributed by atoms with Crippen LogP contribution in [-0.2, 0) is 6.54 Å². The molecule has 1 aliphatic rings. The summed E-state index contributed by atoms with van der Waals surface area (Å²) in [6, 6.07) is 21.5. The highest BCUT2D eigenvalue weighted by molar-refractivity contribution is 7.10. The summed E-state index contributed by atoms with van der Waals surface area (Å²) in [7, 11) is 0. The monoisotopic (exact) mass is 462 g/mol. The smallest absolute Gasteiger partial charge is 0.321 e. The summed E-state index contributed by atoms with van der Waals surface area (Å²) in [5, 5.41) is 2.11. The predicted octanol–water partition coefficient (Wildman–Crippen LogP) is 5.57. The van der Waals surface area contributed by atoms with E-state index in [4.69, 9.17) is 0 Å². The number of hydrogen-bond donors (Lipinski definition) is 0. The van der Waals surface area contributed by atoms with E-state index in [0.29, 0.717) is 39.3 Å². The number of carbonyl (C=O) groups excluding carboxylic acids is 2. The molecule has 1 fully saturated rings. The molecule has 7 heteroatoms. The van der Waals surface area contributed by atoms with Crippen LogP contribution >= 0.6 is 11.3 Å². The van der Waals surface area contributed by atoms with E-state index in [0.717, 1.165) is 11.4 Å². The quantitative estimate of drug-likeness (QED) is 0.497. The van der Waals surface area contributed by atoms with E-state index >= 15 is 0 Å². The fourth-order valence-electron chi connectivity index (χ4n) is 4.07. The van der Waals surface area contributed by atoms with Gasteiger partial charge in [0.1, 0.15) is 0 Å². The number of para-hydroxylation sites is 2. The van der Waals surface area contributed by atoms with E-state index in [1.165, 1.54) is 10.4 Å². The van der Waals surface area contributed by atoms with Crippen LogP contribution in [0.3, 0.4) is 0 Å². The number of thiophene rings is 1. The lowest BCUT2D eigenvalue weighted by molar-refractivity contribution is 0.120. The van der Waals surface area contributed by atoms with Crippen LogP contribution in [0.15, 0.2) is 72.1 Å². The topological polar surface area (TPSA) is 47.1 Å². The Labute approximate surface area is 199 Å². The molecule has 33 heavy (non-hydrogen) atoms. The van der Waals surface area contributed by atoms with Gasteiger partial charge in [0, 0.05) is 44.1 Å². The molecule has 1 aliphatic heterocycles. The van der Waals surface area contributed by atoms with Crippen molar-refractivity contribution in [2.75, 3.05) is 37.6 Å². The van der Waals surface area contributed by atoms with Gasteiger partial charge in [0.05, 0.1) is 11.4 Å². The highest BCUT2D eigenvalue weighted by Gasteiger charge is 2.30. The van der Waals surface area contributed by atoms with E-state index in [1.54, 1.807) is 16.2 Å². The third kappa shape index (κ3) is 5.37. The fourth-order valence-corrected chi connectivity index (χ4v) is 4.77. The van der Waals surface area contributed by atoms with Crippen molar-refractivity contribution in [3.8, 4) is 0 Å². The van der Waals surface area contributed by atoms with Crippen LogP contribution in [0.25, 0.3) is 0 Å². The van der Waals surface area contributed by atoms with Crippen LogP contribution in [0.5, 0.6) is 0 Å². The Morgan fingerprint density at radius 1 is 0.848 bits per heavy atom. The first kappa shape index (κ1) is 22.9. The molecule has 0 aliphatic carbocycles. The van der Waals surface area contributed by atoms with Crippen LogP contribution in [0.1, 0.15) is 17.4 Å². The average Bonchev–Trinajstić information content (AvgIpc) is 3.28. The minimum absolute atomic E-state index is 0.0384. The molecule has 0 spiro atoms. The molecule has 0 radical (unpaired) electrons. The number of urea groups is 2. The molecule has 0 saturated carbocycles. The molecule has 0 unspecified atom stereocenters. The molecular weight excluding hydrogens is 432 g/mol. The number of amides is 4. The van der Waals surface area contributed by atoms with Gasteiger partial charge >= 0.3 is 12.1 Å². The number of benzene rings is 2. The van der Waals surface area contributed by atoms with Crippen molar-refractivity contribution in [2.45, 2.75) is 20.4 Å². The summed E-state index contributed by atoms with van der Waals surface area (Å²) in [5.41, 5.74) is 2.83. The van der Waals surface area contributed by atoms with E-state index in [-0.39, 0.29) is 12.1 Å². The third-order valence-corrected chi connectivity index (χ3v) is 6.76. The minimum Gasteiger partial charge on any atom is -0.321 e. The molecule has 0 bridgehead atoms. The van der Waals surface area contributed by atoms with E-state index < -0.39 is 0 Å². The summed E-state index contributed by atoms with van der Waals surface area (Å²) >= 11 is 1.71. The molecule has 1 saturated heterocycles. The van der Waals surface area contributed by atoms with Gasteiger partial charge in [-0.05, 0) is 55.1 Å². The molecule has 4 amide bonds. The van der Waals surface area contributed by atoms with Crippen LogP contribution in [-0.4, -0.2) is 59.5 Å². The second-order valence-electron chi connectivity index (χ2n) is 8.13. The molecule has 0 atom stereocenters. The Kier molecular flexibility index (Phi) is 7.29. The maximum atomic E-state index is 13.5. The van der Waals surface area contributed by atoms with Crippen molar-refractivity contribution in [3.05, 3.63) is 82.6 Å². The molecule has 6 nitrogen and oxygen atoms in total. The van der Waals surface area contributed by atoms with Crippen LogP contribution < -0.4 is 4.90 Å². The van der Waals surface area contributed by atoms with Gasteiger partial charge < -0.3 is 14.7 Å². The lowest BCUT2D eigenvalue weighted by Gasteiger charge is -2.39. The number of anilines is 2. The molecular formula is C26H30N4O2S. The minimum atomic E-state index is -0.0689. The largest absolute Gasteiger partial charge is 0.329 e. The average molecular weight is 463 g/mol. The second-order valence-corrected chi connectivity index (χ2v) is 9.24. The fraction of sp³-hybridized carbons (Fsp3) is 0.308. The summed E-state index contributed by atoms with van der Waals surface area (Å²) in [5.74, 6) is 0. The zero-order valence-electron chi connectivity index (χ0n) is 19.2. The molecule has 172 valence electrons. The maximum absolute atomic E-state index is 13.5. The normalized spacial score (nSPS) is 13.6. The van der Waals surface area contributed by atoms with Crippen molar-refractivity contribution in [3.63, 3.8) is 0 Å². The Bertz CT molecular complexity index is 1020. The second kappa shape index (κ2) is 10.5. The summed E-state index contributed by atoms with van der Waals surface area (Å²) in [6.45, 7) is 7.44. The SMILES string of the molecule is CCN(Cc1csc(C)c1)C(=O)N1CCN(C(=O)N(c2ccccc2)c2ccccc2)CC1. The molecule has 3 aromatic rings. The first-order chi connectivity index (χ1) is 16.1. The first-order valence-corrected chi connectivity index (χ1v) is 12.2. The van der Waals surface area contributed by atoms with Crippen molar-refractivity contribution in [1.29, 1.82) is 0 Å². The molecule has 2 heterocycles. The number of aryl methyl sites for hydroxylation is 1. The maximum Gasteiger partial charge on any atom is 0.329 e. The Hall–Kier alpha value is -3.32.